The number of ether oxygens (including phenoxy) is 1. The number of nitrogens with zero attached hydrogens (tertiary/aromatic N) is 3. The largest absolute Gasteiger partial charge is 0.453 e. The highest BCUT2D eigenvalue weighted by Crippen LogP contribution is 2.13. The second-order valence-corrected chi connectivity index (χ2v) is 6.97. The van der Waals surface area contributed by atoms with E-state index in [-0.39, 0.29) is 41.9 Å². The summed E-state index contributed by atoms with van der Waals surface area (Å²) >= 11 is 0. The van der Waals surface area contributed by atoms with Crippen molar-refractivity contribution in [1.29, 1.82) is 0 Å². The predicted molar refractivity (Wildman–Crippen MR) is 120 cm³/mol. The minimum absolute atomic E-state index is 0. The molecule has 1 aromatic rings. The van der Waals surface area contributed by atoms with Gasteiger partial charge < -0.3 is 25.2 Å². The van der Waals surface area contributed by atoms with Crippen molar-refractivity contribution in [3.63, 3.8) is 0 Å². The molecular weight excluding hydrogens is 476 g/mol. The maximum absolute atomic E-state index is 13.9. The van der Waals surface area contributed by atoms with E-state index in [2.05, 4.69) is 15.6 Å². The van der Waals surface area contributed by atoms with Gasteiger partial charge in [-0.05, 0) is 44.6 Å². The van der Waals surface area contributed by atoms with Crippen molar-refractivity contribution in [3.05, 3.63) is 35.1 Å². The van der Waals surface area contributed by atoms with E-state index in [1.54, 1.807) is 18.0 Å². The molecule has 1 aliphatic heterocycles. The first kappa shape index (κ1) is 24.4. The monoisotopic (exact) mass is 507 g/mol. The Balaban J connectivity index is 0.00000392. The smallest absolute Gasteiger partial charge is 0.409 e. The molecule has 0 aromatic heterocycles. The molecule has 0 aliphatic carbocycles. The Kier molecular flexibility index (Phi) is 10.5. The zero-order valence-electron chi connectivity index (χ0n) is 17.0. The van der Waals surface area contributed by atoms with Gasteiger partial charge in [0.1, 0.15) is 5.82 Å². The molecule has 0 unspecified atom stereocenters. The highest BCUT2D eigenvalue weighted by Gasteiger charge is 2.23. The van der Waals surface area contributed by atoms with Crippen LogP contribution in [0.15, 0.2) is 23.2 Å². The Labute approximate surface area is 183 Å². The summed E-state index contributed by atoms with van der Waals surface area (Å²) in [6.07, 6.45) is 1.39. The second-order valence-electron chi connectivity index (χ2n) is 6.97. The average Bonchev–Trinajstić information content (AvgIpc) is 2.66. The number of likely N-dealkylation sites (tertiary alicyclic amines) is 1. The zero-order valence-corrected chi connectivity index (χ0v) is 19.3. The molecule has 0 spiro atoms. The molecule has 9 heteroatoms. The van der Waals surface area contributed by atoms with E-state index in [0.29, 0.717) is 37.7 Å². The normalized spacial score (nSPS) is 15.2. The number of rotatable bonds is 5. The van der Waals surface area contributed by atoms with Gasteiger partial charge in [-0.3, -0.25) is 4.99 Å². The van der Waals surface area contributed by atoms with Gasteiger partial charge in [0.05, 0.1) is 7.11 Å². The van der Waals surface area contributed by atoms with Gasteiger partial charge in [-0.2, -0.15) is 0 Å². The lowest BCUT2D eigenvalue weighted by molar-refractivity contribution is 0.111. The van der Waals surface area contributed by atoms with Gasteiger partial charge in [0.15, 0.2) is 5.96 Å². The summed E-state index contributed by atoms with van der Waals surface area (Å²) in [5.41, 5.74) is 1.68. The fourth-order valence-corrected chi connectivity index (χ4v) is 3.11. The lowest BCUT2D eigenvalue weighted by atomic mass is 10.1. The first-order valence-corrected chi connectivity index (χ1v) is 9.15. The molecule has 1 aromatic carbocycles. The van der Waals surface area contributed by atoms with E-state index in [4.69, 9.17) is 4.74 Å². The molecule has 28 heavy (non-hydrogen) atoms. The number of carbonyl (C=O) groups is 1. The Morgan fingerprint density at radius 3 is 2.61 bits per heavy atom. The van der Waals surface area contributed by atoms with Crippen LogP contribution in [0.1, 0.15) is 24.0 Å². The topological polar surface area (TPSA) is 69.2 Å². The molecule has 0 radical (unpaired) electrons. The minimum Gasteiger partial charge on any atom is -0.453 e. The standard InChI is InChI=1S/C19H30FN5O2.HI/c1-21-18(23-16-7-9-25(10-8-16)19(26)27-4)22-12-14-5-6-17(20)15(11-14)13-24(2)3;/h5-6,11,16H,7-10,12-13H2,1-4H3,(H2,21,22,23);1H. The number of carbonyl (C=O) groups excluding carboxylic acids is 1. The summed E-state index contributed by atoms with van der Waals surface area (Å²) in [6.45, 7) is 2.44. The number of hydrogen-bond acceptors (Lipinski definition) is 4. The molecule has 0 saturated carbocycles. The van der Waals surface area contributed by atoms with Gasteiger partial charge in [0.2, 0.25) is 0 Å². The van der Waals surface area contributed by atoms with Crippen LogP contribution < -0.4 is 10.6 Å². The Morgan fingerprint density at radius 2 is 2.04 bits per heavy atom. The van der Waals surface area contributed by atoms with Crippen LogP contribution >= 0.6 is 24.0 Å². The van der Waals surface area contributed by atoms with Gasteiger partial charge in [-0.15, -0.1) is 24.0 Å². The maximum Gasteiger partial charge on any atom is 0.409 e. The highest BCUT2D eigenvalue weighted by molar-refractivity contribution is 14.0. The highest BCUT2D eigenvalue weighted by atomic mass is 127. The van der Waals surface area contributed by atoms with Crippen LogP contribution in [0.2, 0.25) is 0 Å². The van der Waals surface area contributed by atoms with Crippen molar-refractivity contribution in [2.45, 2.75) is 32.0 Å². The fraction of sp³-hybridized carbons (Fsp3) is 0.579. The number of nitrogens with one attached hydrogen (secondary N) is 2. The van der Waals surface area contributed by atoms with E-state index in [0.717, 1.165) is 18.4 Å². The van der Waals surface area contributed by atoms with E-state index >= 15 is 0 Å². The molecule has 158 valence electrons. The van der Waals surface area contributed by atoms with Crippen molar-refractivity contribution in [1.82, 2.24) is 20.4 Å². The summed E-state index contributed by atoms with van der Waals surface area (Å²) in [4.78, 5) is 19.5. The minimum atomic E-state index is -0.277. The molecule has 1 aliphatic rings. The number of hydrogen-bond donors (Lipinski definition) is 2. The zero-order chi connectivity index (χ0) is 19.8. The molecule has 1 saturated heterocycles. The van der Waals surface area contributed by atoms with Crippen LogP contribution in [-0.2, 0) is 17.8 Å². The van der Waals surface area contributed by atoms with E-state index in [1.165, 1.54) is 13.2 Å². The third-order valence-corrected chi connectivity index (χ3v) is 4.55. The first-order chi connectivity index (χ1) is 12.9. The molecule has 1 amide bonds. The molecule has 2 rings (SSSR count). The van der Waals surface area contributed by atoms with Crippen LogP contribution in [0.5, 0.6) is 0 Å². The summed E-state index contributed by atoms with van der Waals surface area (Å²) in [7, 11) is 6.96. The third kappa shape index (κ3) is 7.42. The Morgan fingerprint density at radius 1 is 1.36 bits per heavy atom. The van der Waals surface area contributed by atoms with E-state index in [1.807, 2.05) is 25.1 Å². The predicted octanol–water partition coefficient (Wildman–Crippen LogP) is 2.40. The van der Waals surface area contributed by atoms with Gasteiger partial charge in [0, 0.05) is 44.8 Å². The quantitative estimate of drug-likeness (QED) is 0.364. The average molecular weight is 507 g/mol. The molecule has 0 bridgehead atoms. The lowest BCUT2D eigenvalue weighted by Crippen LogP contribution is -2.49. The van der Waals surface area contributed by atoms with Crippen LogP contribution in [-0.4, -0.2) is 69.2 Å². The number of piperidine rings is 1. The summed E-state index contributed by atoms with van der Waals surface area (Å²) < 4.78 is 18.7. The number of amides is 1. The van der Waals surface area contributed by atoms with Gasteiger partial charge in [-0.1, -0.05) is 6.07 Å². The summed E-state index contributed by atoms with van der Waals surface area (Å²) in [5, 5.41) is 6.67. The number of halogens is 2. The number of benzene rings is 1. The molecule has 7 nitrogen and oxygen atoms in total. The molecule has 2 N–H and O–H groups in total. The van der Waals surface area contributed by atoms with Crippen LogP contribution in [0.3, 0.4) is 0 Å². The van der Waals surface area contributed by atoms with Crippen molar-refractivity contribution >= 4 is 36.0 Å². The lowest BCUT2D eigenvalue weighted by Gasteiger charge is -2.32. The summed E-state index contributed by atoms with van der Waals surface area (Å²) in [5.74, 6) is 0.511. The van der Waals surface area contributed by atoms with Crippen LogP contribution in [0.25, 0.3) is 0 Å². The van der Waals surface area contributed by atoms with Gasteiger partial charge in [0.25, 0.3) is 0 Å². The van der Waals surface area contributed by atoms with Gasteiger partial charge >= 0.3 is 6.09 Å². The summed E-state index contributed by atoms with van der Waals surface area (Å²) in [6, 6.07) is 5.41. The van der Waals surface area contributed by atoms with Crippen molar-refractivity contribution in [2.75, 3.05) is 41.3 Å². The van der Waals surface area contributed by atoms with Crippen molar-refractivity contribution in [3.8, 4) is 0 Å². The van der Waals surface area contributed by atoms with E-state index in [9.17, 15) is 9.18 Å². The van der Waals surface area contributed by atoms with Gasteiger partial charge in [-0.25, -0.2) is 9.18 Å². The fourth-order valence-electron chi connectivity index (χ4n) is 3.11. The number of methoxy groups -OCH3 is 1. The maximum atomic E-state index is 13.9. The SMILES string of the molecule is CN=C(NCc1ccc(F)c(CN(C)C)c1)NC1CCN(C(=O)OC)CC1.I. The second kappa shape index (κ2) is 12.1. The molecule has 1 heterocycles. The number of aliphatic imine (C=N–C) groups is 1. The van der Waals surface area contributed by atoms with Crippen LogP contribution in [0, 0.1) is 5.82 Å². The molecule has 1 fully saturated rings. The number of guanidine groups is 1. The van der Waals surface area contributed by atoms with E-state index < -0.39 is 0 Å². The molecular formula is C19H31FIN5O2. The Bertz CT molecular complexity index is 664. The Hall–Kier alpha value is -1.62. The van der Waals surface area contributed by atoms with Crippen molar-refractivity contribution in [2.24, 2.45) is 4.99 Å². The third-order valence-electron chi connectivity index (χ3n) is 4.55. The molecule has 0 atom stereocenters. The van der Waals surface area contributed by atoms with Crippen LogP contribution in [0.4, 0.5) is 9.18 Å². The van der Waals surface area contributed by atoms with Crippen molar-refractivity contribution < 1.29 is 13.9 Å². The first-order valence-electron chi connectivity index (χ1n) is 9.15.